The first-order valence-electron chi connectivity index (χ1n) is 8.17. The largest absolute Gasteiger partial charge is 0.496 e. The van der Waals surface area contributed by atoms with E-state index in [9.17, 15) is 14.4 Å². The molecule has 1 aliphatic heterocycles. The summed E-state index contributed by atoms with van der Waals surface area (Å²) in [6.07, 6.45) is 4.51. The smallest absolute Gasteiger partial charge is 0.259 e. The number of pyridine rings is 1. The molecule has 8 nitrogen and oxygen atoms in total. The van der Waals surface area contributed by atoms with Crippen molar-refractivity contribution in [2.45, 2.75) is 6.92 Å². The van der Waals surface area contributed by atoms with Crippen molar-refractivity contribution in [3.05, 3.63) is 60.1 Å². The van der Waals surface area contributed by atoms with Crippen molar-refractivity contribution >= 4 is 29.1 Å². The predicted molar refractivity (Wildman–Crippen MR) is 99.3 cm³/mol. The Balaban J connectivity index is 1.80. The van der Waals surface area contributed by atoms with Crippen LogP contribution in [0, 0.1) is 0 Å². The van der Waals surface area contributed by atoms with Gasteiger partial charge < -0.3 is 15.4 Å². The van der Waals surface area contributed by atoms with Gasteiger partial charge in [0.1, 0.15) is 5.75 Å². The lowest BCUT2D eigenvalue weighted by Gasteiger charge is -2.14. The van der Waals surface area contributed by atoms with Crippen molar-refractivity contribution < 1.29 is 19.1 Å². The van der Waals surface area contributed by atoms with E-state index in [1.807, 2.05) is 0 Å². The van der Waals surface area contributed by atoms with E-state index in [2.05, 4.69) is 15.6 Å². The molecule has 0 saturated carbocycles. The highest BCUT2D eigenvalue weighted by Crippen LogP contribution is 2.25. The number of ether oxygens (including phenoxy) is 1. The summed E-state index contributed by atoms with van der Waals surface area (Å²) in [4.78, 5) is 40.9. The molecule has 0 bridgehead atoms. The number of rotatable bonds is 5. The molecule has 2 heterocycles. The number of carbonyl (C=O) groups is 3. The van der Waals surface area contributed by atoms with E-state index in [4.69, 9.17) is 4.74 Å². The third-order valence-electron chi connectivity index (χ3n) is 3.94. The van der Waals surface area contributed by atoms with Gasteiger partial charge in [0, 0.05) is 30.6 Å². The van der Waals surface area contributed by atoms with Crippen LogP contribution in [-0.4, -0.2) is 41.3 Å². The van der Waals surface area contributed by atoms with E-state index in [-0.39, 0.29) is 24.3 Å². The summed E-state index contributed by atoms with van der Waals surface area (Å²) in [5.74, 6) is -0.638. The minimum absolute atomic E-state index is 0.164. The van der Waals surface area contributed by atoms with E-state index in [0.29, 0.717) is 28.4 Å². The van der Waals surface area contributed by atoms with Gasteiger partial charge in [-0.2, -0.15) is 0 Å². The Bertz CT molecular complexity index is 925. The van der Waals surface area contributed by atoms with E-state index in [1.54, 1.807) is 36.5 Å². The van der Waals surface area contributed by atoms with Crippen LogP contribution in [0.15, 0.2) is 54.5 Å². The number of imide groups is 1. The highest BCUT2D eigenvalue weighted by molar-refractivity contribution is 6.07. The number of anilines is 2. The first-order chi connectivity index (χ1) is 13.0. The molecule has 1 aliphatic rings. The highest BCUT2D eigenvalue weighted by Gasteiger charge is 2.25. The Morgan fingerprint density at radius 2 is 2.04 bits per heavy atom. The van der Waals surface area contributed by atoms with Gasteiger partial charge in [0.2, 0.25) is 5.91 Å². The Hall–Kier alpha value is -3.68. The molecule has 138 valence electrons. The summed E-state index contributed by atoms with van der Waals surface area (Å²) in [5, 5.41) is 5.82. The summed E-state index contributed by atoms with van der Waals surface area (Å²) < 4.78 is 5.27. The minimum Gasteiger partial charge on any atom is -0.496 e. The number of nitrogens with zero attached hydrogens (tertiary/aromatic N) is 2. The Kier molecular flexibility index (Phi) is 5.16. The lowest BCUT2D eigenvalue weighted by Crippen LogP contribution is -2.31. The summed E-state index contributed by atoms with van der Waals surface area (Å²) in [6.45, 7) is 1.50. The van der Waals surface area contributed by atoms with Gasteiger partial charge in [-0.05, 0) is 30.3 Å². The van der Waals surface area contributed by atoms with Gasteiger partial charge in [-0.15, -0.1) is 0 Å². The third kappa shape index (κ3) is 4.12. The molecule has 0 fully saturated rings. The molecule has 0 spiro atoms. The van der Waals surface area contributed by atoms with Crippen molar-refractivity contribution in [1.82, 2.24) is 9.88 Å². The zero-order chi connectivity index (χ0) is 19.4. The van der Waals surface area contributed by atoms with Gasteiger partial charge in [0.25, 0.3) is 11.8 Å². The molecule has 8 heteroatoms. The van der Waals surface area contributed by atoms with Gasteiger partial charge >= 0.3 is 0 Å². The molecule has 2 N–H and O–H groups in total. The molecule has 1 aromatic heterocycles. The molecule has 0 radical (unpaired) electrons. The lowest BCUT2D eigenvalue weighted by molar-refractivity contribution is -0.138. The number of benzene rings is 1. The van der Waals surface area contributed by atoms with Gasteiger partial charge in [0.05, 0.1) is 31.1 Å². The Morgan fingerprint density at radius 1 is 1.22 bits per heavy atom. The van der Waals surface area contributed by atoms with Crippen LogP contribution in [0.2, 0.25) is 0 Å². The first kappa shape index (κ1) is 18.1. The summed E-state index contributed by atoms with van der Waals surface area (Å²) in [6, 6.07) is 8.44. The van der Waals surface area contributed by atoms with E-state index in [1.165, 1.54) is 26.3 Å². The maximum absolute atomic E-state index is 12.6. The van der Waals surface area contributed by atoms with Crippen LogP contribution in [0.1, 0.15) is 17.3 Å². The maximum atomic E-state index is 12.6. The van der Waals surface area contributed by atoms with Crippen molar-refractivity contribution in [3.63, 3.8) is 0 Å². The molecule has 0 saturated heterocycles. The van der Waals surface area contributed by atoms with Crippen molar-refractivity contribution in [1.29, 1.82) is 0 Å². The van der Waals surface area contributed by atoms with Gasteiger partial charge in [-0.25, -0.2) is 0 Å². The monoisotopic (exact) mass is 366 g/mol. The second kappa shape index (κ2) is 7.69. The zero-order valence-electron chi connectivity index (χ0n) is 14.9. The zero-order valence-corrected chi connectivity index (χ0v) is 14.9. The molecular formula is C19H18N4O4. The number of nitrogens with one attached hydrogen (secondary N) is 2. The maximum Gasteiger partial charge on any atom is 0.259 e. The fourth-order valence-electron chi connectivity index (χ4n) is 2.65. The molecule has 27 heavy (non-hydrogen) atoms. The summed E-state index contributed by atoms with van der Waals surface area (Å²) in [5.41, 5.74) is 2.04. The number of hydrogen-bond donors (Lipinski definition) is 2. The van der Waals surface area contributed by atoms with E-state index in [0.717, 1.165) is 4.90 Å². The molecule has 0 unspecified atom stereocenters. The molecule has 0 aliphatic carbocycles. The highest BCUT2D eigenvalue weighted by atomic mass is 16.5. The average Bonchev–Trinajstić information content (AvgIpc) is 3.03. The van der Waals surface area contributed by atoms with Crippen molar-refractivity contribution in [2.75, 3.05) is 24.3 Å². The van der Waals surface area contributed by atoms with E-state index >= 15 is 0 Å². The lowest BCUT2D eigenvalue weighted by atomic mass is 10.1. The number of aromatic nitrogens is 1. The number of amides is 3. The Labute approximate surface area is 155 Å². The molecule has 3 rings (SSSR count). The summed E-state index contributed by atoms with van der Waals surface area (Å²) in [7, 11) is 1.48. The standard InChI is InChI=1S/C19H18N4O4/c1-12(24)23-11-15(9-18(23)25)21-13-5-6-17(27-2)16(8-13)19(26)22-14-4-3-7-20-10-14/h3-10,21H,11H2,1-2H3,(H,22,26). The topological polar surface area (TPSA) is 101 Å². The summed E-state index contributed by atoms with van der Waals surface area (Å²) >= 11 is 0. The first-order valence-corrected chi connectivity index (χ1v) is 8.17. The van der Waals surface area contributed by atoms with Gasteiger partial charge in [0.15, 0.2) is 0 Å². The second-order valence-electron chi connectivity index (χ2n) is 5.85. The quantitative estimate of drug-likeness (QED) is 0.840. The number of hydrogen-bond acceptors (Lipinski definition) is 6. The fraction of sp³-hybridized carbons (Fsp3) is 0.158. The van der Waals surface area contributed by atoms with Crippen LogP contribution in [0.5, 0.6) is 5.75 Å². The van der Waals surface area contributed by atoms with Crippen LogP contribution in [0.25, 0.3) is 0 Å². The number of methoxy groups -OCH3 is 1. The van der Waals surface area contributed by atoms with Crippen LogP contribution in [0.3, 0.4) is 0 Å². The fourth-order valence-corrected chi connectivity index (χ4v) is 2.65. The van der Waals surface area contributed by atoms with Crippen LogP contribution >= 0.6 is 0 Å². The molecular weight excluding hydrogens is 348 g/mol. The number of carbonyl (C=O) groups excluding carboxylic acids is 3. The second-order valence-corrected chi connectivity index (χ2v) is 5.85. The molecule has 3 amide bonds. The van der Waals surface area contributed by atoms with Crippen LogP contribution in [0.4, 0.5) is 11.4 Å². The molecule has 0 atom stereocenters. The van der Waals surface area contributed by atoms with Crippen molar-refractivity contribution in [3.8, 4) is 5.75 Å². The SMILES string of the molecule is COc1ccc(NC2=CC(=O)N(C(C)=O)C2)cc1C(=O)Nc1cccnc1. The van der Waals surface area contributed by atoms with Crippen molar-refractivity contribution in [2.24, 2.45) is 0 Å². The third-order valence-corrected chi connectivity index (χ3v) is 3.94. The van der Waals surface area contributed by atoms with Gasteiger partial charge in [-0.1, -0.05) is 0 Å². The van der Waals surface area contributed by atoms with Gasteiger partial charge in [-0.3, -0.25) is 24.3 Å². The van der Waals surface area contributed by atoms with E-state index < -0.39 is 0 Å². The average molecular weight is 366 g/mol. The predicted octanol–water partition coefficient (Wildman–Crippen LogP) is 2.03. The van der Waals surface area contributed by atoms with Crippen LogP contribution < -0.4 is 15.4 Å². The molecule has 2 aromatic rings. The molecule has 1 aromatic carbocycles. The minimum atomic E-state index is -0.368. The normalized spacial score (nSPS) is 13.2. The Morgan fingerprint density at radius 3 is 2.67 bits per heavy atom. The van der Waals surface area contributed by atoms with Crippen LogP contribution in [-0.2, 0) is 9.59 Å².